The molecule has 7 heteroatoms. The average molecular weight is 383 g/mol. The number of nitrogens with one attached hydrogen (secondary N) is 1. The summed E-state index contributed by atoms with van der Waals surface area (Å²) >= 11 is 0. The Morgan fingerprint density at radius 3 is 2.30 bits per heavy atom. The maximum atomic E-state index is 13.7. The zero-order valence-corrected chi connectivity index (χ0v) is 15.0. The maximum Gasteiger partial charge on any atom is 0.417 e. The molecule has 0 saturated heterocycles. The number of benzene rings is 2. The van der Waals surface area contributed by atoms with Crippen molar-refractivity contribution < 1.29 is 26.7 Å². The van der Waals surface area contributed by atoms with Crippen LogP contribution in [0, 0.1) is 11.6 Å². The van der Waals surface area contributed by atoms with Crippen LogP contribution in [0.1, 0.15) is 48.7 Å². The summed E-state index contributed by atoms with van der Waals surface area (Å²) in [5.74, 6) is -3.62. The molecular formula is C20H18F5NO. The molecule has 0 bridgehead atoms. The fraction of sp³-hybridized carbons (Fsp3) is 0.250. The average Bonchev–Trinajstić information content (AvgIpc) is 2.61. The second kappa shape index (κ2) is 7.90. The van der Waals surface area contributed by atoms with E-state index in [2.05, 4.69) is 5.32 Å². The van der Waals surface area contributed by atoms with Crippen LogP contribution >= 0.6 is 0 Å². The lowest BCUT2D eigenvalue weighted by Crippen LogP contribution is -2.16. The standard InChI is InChI=1S/C20H18F5NO/c1-4-11(2)12(3)14-9-8-13(10-16(14)20(23,24)25)26-19(27)15-6-5-7-17(21)18(15)22/h5-10H,4H2,1-3H3,(H,26,27)/b12-11+. The summed E-state index contributed by atoms with van der Waals surface area (Å²) < 4.78 is 67.4. The van der Waals surface area contributed by atoms with Crippen molar-refractivity contribution in [1.29, 1.82) is 0 Å². The van der Waals surface area contributed by atoms with Crippen LogP contribution in [0.5, 0.6) is 0 Å². The highest BCUT2D eigenvalue weighted by Gasteiger charge is 2.34. The van der Waals surface area contributed by atoms with Crippen molar-refractivity contribution in [2.75, 3.05) is 5.32 Å². The molecule has 0 aromatic heterocycles. The van der Waals surface area contributed by atoms with Crippen molar-refractivity contribution in [3.8, 4) is 0 Å². The molecule has 0 aliphatic heterocycles. The third-order valence-electron chi connectivity index (χ3n) is 4.35. The fourth-order valence-electron chi connectivity index (χ4n) is 2.56. The molecule has 0 saturated carbocycles. The van der Waals surface area contributed by atoms with E-state index in [9.17, 15) is 26.7 Å². The van der Waals surface area contributed by atoms with Gasteiger partial charge in [0.1, 0.15) is 0 Å². The molecule has 144 valence electrons. The largest absolute Gasteiger partial charge is 0.417 e. The van der Waals surface area contributed by atoms with Gasteiger partial charge in [-0.25, -0.2) is 8.78 Å². The first-order valence-corrected chi connectivity index (χ1v) is 8.19. The van der Waals surface area contributed by atoms with Gasteiger partial charge in [-0.05, 0) is 55.7 Å². The summed E-state index contributed by atoms with van der Waals surface area (Å²) in [4.78, 5) is 12.1. The van der Waals surface area contributed by atoms with Crippen LogP contribution in [-0.2, 0) is 6.18 Å². The lowest BCUT2D eigenvalue weighted by molar-refractivity contribution is -0.137. The Labute approximate surface area is 153 Å². The highest BCUT2D eigenvalue weighted by atomic mass is 19.4. The van der Waals surface area contributed by atoms with Gasteiger partial charge in [-0.3, -0.25) is 4.79 Å². The molecule has 2 nitrogen and oxygen atoms in total. The Kier molecular flexibility index (Phi) is 6.03. The van der Waals surface area contributed by atoms with Gasteiger partial charge in [-0.1, -0.05) is 24.6 Å². The van der Waals surface area contributed by atoms with Gasteiger partial charge in [-0.15, -0.1) is 0 Å². The van der Waals surface area contributed by atoms with Crippen molar-refractivity contribution in [1.82, 2.24) is 0 Å². The number of halogens is 5. The van der Waals surface area contributed by atoms with Gasteiger partial charge in [-0.2, -0.15) is 13.2 Å². The molecule has 0 radical (unpaired) electrons. The Bertz CT molecular complexity index is 900. The normalized spacial score (nSPS) is 12.6. The third-order valence-corrected chi connectivity index (χ3v) is 4.35. The van der Waals surface area contributed by atoms with Gasteiger partial charge < -0.3 is 5.32 Å². The Hall–Kier alpha value is -2.70. The number of rotatable bonds is 4. The summed E-state index contributed by atoms with van der Waals surface area (Å²) in [5.41, 5.74) is -0.354. The van der Waals surface area contributed by atoms with Crippen molar-refractivity contribution in [3.05, 3.63) is 70.3 Å². The van der Waals surface area contributed by atoms with Gasteiger partial charge >= 0.3 is 6.18 Å². The number of carbonyl (C=O) groups is 1. The van der Waals surface area contributed by atoms with Crippen molar-refractivity contribution in [3.63, 3.8) is 0 Å². The quantitative estimate of drug-likeness (QED) is 0.605. The zero-order chi connectivity index (χ0) is 20.4. The molecule has 0 aliphatic rings. The lowest BCUT2D eigenvalue weighted by Gasteiger charge is -2.17. The van der Waals surface area contributed by atoms with Crippen molar-refractivity contribution >= 4 is 17.2 Å². The van der Waals surface area contributed by atoms with E-state index in [0.717, 1.165) is 29.8 Å². The second-order valence-electron chi connectivity index (χ2n) is 6.07. The molecule has 2 aromatic carbocycles. The van der Waals surface area contributed by atoms with Gasteiger partial charge in [0.15, 0.2) is 11.6 Å². The minimum absolute atomic E-state index is 0.0109. The van der Waals surface area contributed by atoms with Crippen LogP contribution in [0.2, 0.25) is 0 Å². The van der Waals surface area contributed by atoms with E-state index in [0.29, 0.717) is 12.0 Å². The number of carbonyl (C=O) groups excluding carboxylic acids is 1. The van der Waals surface area contributed by atoms with E-state index in [1.54, 1.807) is 13.8 Å². The third kappa shape index (κ3) is 4.53. The first kappa shape index (κ1) is 20.6. The second-order valence-corrected chi connectivity index (χ2v) is 6.07. The Morgan fingerprint density at radius 2 is 1.70 bits per heavy atom. The first-order chi connectivity index (χ1) is 12.6. The maximum absolute atomic E-state index is 13.7. The van der Waals surface area contributed by atoms with Crippen LogP contribution in [0.25, 0.3) is 5.57 Å². The number of anilines is 1. The van der Waals surface area contributed by atoms with Crippen LogP contribution in [0.4, 0.5) is 27.6 Å². The highest BCUT2D eigenvalue weighted by Crippen LogP contribution is 2.37. The number of amides is 1. The topological polar surface area (TPSA) is 29.1 Å². The van der Waals surface area contributed by atoms with Crippen LogP contribution in [0.3, 0.4) is 0 Å². The molecular weight excluding hydrogens is 365 g/mol. The predicted octanol–water partition coefficient (Wildman–Crippen LogP) is 6.44. The van der Waals surface area contributed by atoms with Crippen LogP contribution in [0.15, 0.2) is 42.0 Å². The van der Waals surface area contributed by atoms with Crippen molar-refractivity contribution in [2.24, 2.45) is 0 Å². The number of alkyl halides is 3. The molecule has 2 rings (SSSR count). The minimum atomic E-state index is -4.64. The van der Waals surface area contributed by atoms with Crippen LogP contribution < -0.4 is 5.32 Å². The molecule has 0 spiro atoms. The summed E-state index contributed by atoms with van der Waals surface area (Å²) in [7, 11) is 0. The smallest absolute Gasteiger partial charge is 0.322 e. The Morgan fingerprint density at radius 1 is 1.04 bits per heavy atom. The SMILES string of the molecule is CC/C(C)=C(\C)c1ccc(NC(=O)c2cccc(F)c2F)cc1C(F)(F)F. The summed E-state index contributed by atoms with van der Waals surface area (Å²) in [6.45, 7) is 5.19. The molecule has 0 unspecified atom stereocenters. The minimum Gasteiger partial charge on any atom is -0.322 e. The van der Waals surface area contributed by atoms with E-state index in [4.69, 9.17) is 0 Å². The molecule has 1 N–H and O–H groups in total. The Balaban J connectivity index is 2.45. The lowest BCUT2D eigenvalue weighted by atomic mass is 9.95. The molecule has 2 aromatic rings. The summed E-state index contributed by atoms with van der Waals surface area (Å²) in [6, 6.07) is 6.37. The van der Waals surface area contributed by atoms with Crippen LogP contribution in [-0.4, -0.2) is 5.91 Å². The summed E-state index contributed by atoms with van der Waals surface area (Å²) in [5, 5.41) is 2.19. The zero-order valence-electron chi connectivity index (χ0n) is 15.0. The van der Waals surface area contributed by atoms with E-state index in [-0.39, 0.29) is 11.3 Å². The molecule has 27 heavy (non-hydrogen) atoms. The first-order valence-electron chi connectivity index (χ1n) is 8.19. The van der Waals surface area contributed by atoms with Gasteiger partial charge in [0, 0.05) is 5.69 Å². The number of hydrogen-bond donors (Lipinski definition) is 1. The van der Waals surface area contributed by atoms with Gasteiger partial charge in [0.2, 0.25) is 0 Å². The molecule has 0 fully saturated rings. The molecule has 0 aliphatic carbocycles. The molecule has 0 heterocycles. The fourth-order valence-corrected chi connectivity index (χ4v) is 2.56. The predicted molar refractivity (Wildman–Crippen MR) is 94.3 cm³/mol. The monoisotopic (exact) mass is 383 g/mol. The highest BCUT2D eigenvalue weighted by molar-refractivity contribution is 6.04. The van der Waals surface area contributed by atoms with Gasteiger partial charge in [0.25, 0.3) is 5.91 Å². The number of allylic oxidation sites excluding steroid dienone is 2. The van der Waals surface area contributed by atoms with E-state index >= 15 is 0 Å². The molecule has 1 amide bonds. The van der Waals surface area contributed by atoms with Gasteiger partial charge in [0.05, 0.1) is 11.1 Å². The van der Waals surface area contributed by atoms with E-state index in [1.165, 1.54) is 12.1 Å². The molecule has 0 atom stereocenters. The van der Waals surface area contributed by atoms with E-state index < -0.39 is 34.8 Å². The van der Waals surface area contributed by atoms with E-state index in [1.807, 2.05) is 6.92 Å². The number of hydrogen-bond acceptors (Lipinski definition) is 1. The summed E-state index contributed by atoms with van der Waals surface area (Å²) in [6.07, 6.45) is -4.05. The van der Waals surface area contributed by atoms with Crippen molar-refractivity contribution in [2.45, 2.75) is 33.4 Å².